The van der Waals surface area contributed by atoms with E-state index >= 15 is 0 Å². The largest absolute Gasteiger partial charge is 0.392 e. The molecule has 15 rings (SSSR count). The quantitative estimate of drug-likeness (QED) is 0.0565. The number of fused-ring (bicyclic) bond motifs is 5. The Morgan fingerprint density at radius 2 is 0.697 bits per heavy atom. The van der Waals surface area contributed by atoms with Gasteiger partial charge >= 0.3 is 0 Å². The van der Waals surface area contributed by atoms with Crippen molar-refractivity contribution >= 4 is 69.2 Å². The van der Waals surface area contributed by atoms with Gasteiger partial charge in [-0.1, -0.05) is 29.6 Å². The van der Waals surface area contributed by atoms with E-state index in [9.17, 15) is 86.2 Å². The van der Waals surface area contributed by atoms with Gasteiger partial charge in [0.05, 0.1) is 80.1 Å². The Balaban J connectivity index is 0.000000135. The second-order valence-electron chi connectivity index (χ2n) is 24.7. The monoisotopic (exact) mass is 1520 g/mol. The van der Waals surface area contributed by atoms with Crippen LogP contribution in [0.1, 0.15) is 59.0 Å². The lowest BCUT2D eigenvalue weighted by Gasteiger charge is -2.23. The van der Waals surface area contributed by atoms with Gasteiger partial charge in [0.2, 0.25) is 29.4 Å². The molecule has 0 bridgehead atoms. The molecule has 109 heavy (non-hydrogen) atoms. The Morgan fingerprint density at radius 1 is 0.385 bits per heavy atom. The summed E-state index contributed by atoms with van der Waals surface area (Å²) < 4.78 is 33.8. The van der Waals surface area contributed by atoms with Gasteiger partial charge in [0.15, 0.2) is 56.8 Å². The van der Waals surface area contributed by atoms with E-state index in [0.717, 1.165) is 4.52 Å². The molecule has 5 fully saturated rings. The molecule has 5 aliphatic rings. The van der Waals surface area contributed by atoms with E-state index in [4.69, 9.17) is 95.9 Å². The molecule has 0 spiro atoms. The van der Waals surface area contributed by atoms with Gasteiger partial charge < -0.3 is 140 Å². The van der Waals surface area contributed by atoms with Gasteiger partial charge in [0, 0.05) is 0 Å². The summed E-state index contributed by atoms with van der Waals surface area (Å²) in [5, 5.41) is 168. The summed E-state index contributed by atoms with van der Waals surface area (Å²) in [6.45, 7) is -3.29. The fraction of sp³-hybridized carbons (Fsp3) is 0.403. The first-order valence-corrected chi connectivity index (χ1v) is 31.6. The highest BCUT2D eigenvalue weighted by Gasteiger charge is 2.59. The number of nitrogens with two attached hydrogens (primary N) is 7. The summed E-state index contributed by atoms with van der Waals surface area (Å²) in [7, 11) is 0. The zero-order chi connectivity index (χ0) is 79.5. The summed E-state index contributed by atoms with van der Waals surface area (Å²) in [4.78, 5) is 51.5. The van der Waals surface area contributed by atoms with Gasteiger partial charge in [-0.15, -0.1) is 52.5 Å². The molecule has 0 radical (unpaired) electrons. The second kappa shape index (κ2) is 29.7. The molecule has 47 nitrogen and oxygen atoms in total. The minimum atomic E-state index is -1.75. The number of aliphatic hydroxyl groups excluding tert-OH is 15. The van der Waals surface area contributed by atoms with Gasteiger partial charge in [0.1, 0.15) is 109 Å². The lowest BCUT2D eigenvalue weighted by molar-refractivity contribution is -0.0732. The summed E-state index contributed by atoms with van der Waals surface area (Å²) >= 11 is 0. The van der Waals surface area contributed by atoms with Crippen LogP contribution in [0.4, 0.5) is 41.2 Å². The molecule has 10 aromatic heterocycles. The molecule has 15 heterocycles. The van der Waals surface area contributed by atoms with Crippen LogP contribution in [0.5, 0.6) is 0 Å². The van der Waals surface area contributed by atoms with Crippen molar-refractivity contribution in [2.24, 2.45) is 0 Å². The lowest BCUT2D eigenvalue weighted by atomic mass is 9.96. The van der Waals surface area contributed by atoms with Crippen LogP contribution in [0.25, 0.3) is 28.0 Å². The van der Waals surface area contributed by atoms with Gasteiger partial charge in [-0.05, 0) is 24.3 Å². The maximum atomic E-state index is 11.8. The van der Waals surface area contributed by atoms with Gasteiger partial charge in [-0.3, -0.25) is 19.6 Å². The van der Waals surface area contributed by atoms with Crippen LogP contribution in [0, 0.1) is 61.7 Å². The minimum absolute atomic E-state index is 0.0529. The van der Waals surface area contributed by atoms with Crippen LogP contribution in [0.2, 0.25) is 0 Å². The maximum absolute atomic E-state index is 11.8. The smallest absolute Gasteiger partial charge is 0.295 e. The average Bonchev–Trinajstić information content (AvgIpc) is 1.62. The van der Waals surface area contributed by atoms with Crippen molar-refractivity contribution in [3.63, 3.8) is 0 Å². The van der Waals surface area contributed by atoms with E-state index in [1.165, 1.54) is 55.1 Å². The third kappa shape index (κ3) is 13.0. The van der Waals surface area contributed by atoms with Crippen molar-refractivity contribution < 1.29 is 100 Å². The molecule has 10 aromatic rings. The fourth-order valence-electron chi connectivity index (χ4n) is 12.5. The van der Waals surface area contributed by atoms with E-state index in [1.807, 2.05) is 0 Å². The molecule has 0 aromatic carbocycles. The highest BCUT2D eigenvalue weighted by molar-refractivity contribution is 5.67. The molecular formula is C62H69N25O22. The number of nitrogen functional groups attached to an aromatic ring is 7. The predicted molar refractivity (Wildman–Crippen MR) is 367 cm³/mol. The van der Waals surface area contributed by atoms with Crippen LogP contribution in [0.15, 0.2) is 58.8 Å². The van der Waals surface area contributed by atoms with E-state index in [1.54, 1.807) is 12.1 Å². The minimum Gasteiger partial charge on any atom is -0.392 e. The summed E-state index contributed by atoms with van der Waals surface area (Å²) in [6, 6.07) is 6.20. The summed E-state index contributed by atoms with van der Waals surface area (Å²) in [6.07, 6.45) is 12.2. The number of hydrogen-bond acceptors (Lipinski definition) is 40. The molecule has 574 valence electrons. The first kappa shape index (κ1) is 78.2. The molecule has 0 saturated carbocycles. The van der Waals surface area contributed by atoms with E-state index in [2.05, 4.69) is 95.0 Å². The molecule has 31 N–H and O–H groups in total. The SMILES string of the molecule is C#C[C@]1(CO)O[C@@H](c2ccc3c(=O)[nH]c(N)nn23)C(O)[C@H]1O.C#C[C@]1(CO)O[C@@H](c2ccc3c(N)nc(N)nn23)C(O)[C@H]1O.C#C[C@]1(CO)O[C@@H](c2cnc3c(=O)[nH]c(N)nn23)C(O)[C@H]1O.C#C[C@]1(CO)O[C@@H](c2cnc3c(N)nc(N)nn23)C(O)[C@H]1O.C#C[C@]1(CO)O[C@@H](c2cnc3c(N)ncnn23)C(O)[C@H]1O. The normalized spacial score (nSPS) is 31.6. The van der Waals surface area contributed by atoms with E-state index < -0.39 is 164 Å². The van der Waals surface area contributed by atoms with Gasteiger partial charge in [-0.25, -0.2) is 42.5 Å². The Bertz CT molecular complexity index is 5180. The standard InChI is InChI=1S/C13H15N5O4.C13H14N4O5.C12H14N6O4.C12H13N5O5.C12H13N5O4/c1-2-13(5-19)10(21)8(20)9(22-13)6-3-4-7-11(14)16-12(15)17-18(6)7;1-2-13(5-18)10(20)8(19)9(22-13)6-3-4-7-11(21)15-12(14)16-17(6)7;1-2-12(4-19)8(21)6(20)7(22-12)5-3-15-10-9(13)16-11(14)17-18(5)10;1-2-12(4-18)8(20)6(19)7(22-12)5-3-14-9-10(21)15-11(13)16-17(5)9;1-2-12(4-18)9(20)7(19)8(21-12)6-3-14-11-10(13)15-5-16-17(6)11/h1,3-4,8-10,19-21H,5H2,(H4,14,15,16,17);1,3-4,8-10,18-20H,5H2,(H3,14,15,16,21);1,3,6-8,19-21H,4H2,(H4,13,14,16,17);1,3,6-8,18-20H,4H2,(H3,13,15,16,21);1,3,5,7-9,18-20H,4H2,(H2,13,15,16)/t2*8?,9-,10+,13+;2*6?,7-,8+,12+;7?,8-,9+,12+/m00000/s1. The van der Waals surface area contributed by atoms with Crippen molar-refractivity contribution in [2.75, 3.05) is 73.2 Å². The summed E-state index contributed by atoms with van der Waals surface area (Å²) in [5.41, 5.74) is 32.2. The lowest BCUT2D eigenvalue weighted by Crippen LogP contribution is -2.44. The molecular weight excluding hydrogens is 1450 g/mol. The highest BCUT2D eigenvalue weighted by Crippen LogP contribution is 2.45. The van der Waals surface area contributed by atoms with Crippen molar-refractivity contribution in [1.29, 1.82) is 0 Å². The van der Waals surface area contributed by atoms with Crippen molar-refractivity contribution in [1.82, 2.24) is 87.9 Å². The number of imidazole rings is 3. The maximum Gasteiger partial charge on any atom is 0.295 e. The number of anilines is 7. The predicted octanol–water partition coefficient (Wildman–Crippen LogP) is -11.7. The molecule has 5 aliphatic heterocycles. The number of aliphatic hydroxyl groups is 15. The highest BCUT2D eigenvalue weighted by atomic mass is 16.6. The van der Waals surface area contributed by atoms with Crippen LogP contribution in [0.3, 0.4) is 0 Å². The van der Waals surface area contributed by atoms with Crippen molar-refractivity contribution in [3.05, 3.63) is 98.4 Å². The van der Waals surface area contributed by atoms with Crippen LogP contribution >= 0.6 is 0 Å². The number of terminal acetylenes is 5. The third-order valence-corrected chi connectivity index (χ3v) is 18.5. The number of H-pyrrole nitrogens is 2. The molecule has 47 heteroatoms. The van der Waals surface area contributed by atoms with Gasteiger partial charge in [0.25, 0.3) is 11.1 Å². The number of nitrogens with one attached hydrogen (secondary N) is 2. The average molecular weight is 1520 g/mol. The molecule has 0 amide bonds. The molecule has 0 aliphatic carbocycles. The van der Waals surface area contributed by atoms with Crippen LogP contribution in [-0.4, -0.2) is 287 Å². The number of aromatic amines is 2. The first-order valence-electron chi connectivity index (χ1n) is 31.6. The zero-order valence-electron chi connectivity index (χ0n) is 56.0. The Kier molecular flexibility index (Phi) is 21.3. The molecule has 5 saturated heterocycles. The Morgan fingerprint density at radius 3 is 1.08 bits per heavy atom. The fourth-order valence-corrected chi connectivity index (χ4v) is 12.5. The number of hydrogen-bond donors (Lipinski definition) is 24. The number of nitrogens with zero attached hydrogens (tertiary/aromatic N) is 16. The third-order valence-electron chi connectivity index (χ3n) is 18.5. The topological polar surface area (TPSA) is 761 Å². The van der Waals surface area contributed by atoms with Crippen molar-refractivity contribution in [2.45, 2.75) is 120 Å². The first-order chi connectivity index (χ1) is 51.8. The van der Waals surface area contributed by atoms with Crippen molar-refractivity contribution in [3.8, 4) is 61.7 Å². The molecule has 20 atom stereocenters. The Labute approximate surface area is 608 Å². The summed E-state index contributed by atoms with van der Waals surface area (Å²) in [5.74, 6) is 10.8. The van der Waals surface area contributed by atoms with Crippen LogP contribution < -0.4 is 51.3 Å². The number of aromatic nitrogens is 18. The second-order valence-corrected chi connectivity index (χ2v) is 24.7. The molecule has 5 unspecified atom stereocenters. The number of rotatable bonds is 10. The van der Waals surface area contributed by atoms with Gasteiger partial charge in [-0.2, -0.15) is 15.1 Å². The van der Waals surface area contributed by atoms with Crippen LogP contribution in [-0.2, 0) is 23.7 Å². The number of ether oxygens (including phenoxy) is 5. The Hall–Kier alpha value is -11.9. The zero-order valence-corrected chi connectivity index (χ0v) is 56.0. The van der Waals surface area contributed by atoms with E-state index in [-0.39, 0.29) is 75.1 Å². The van der Waals surface area contributed by atoms with E-state index in [0.29, 0.717) is 22.6 Å².